The summed E-state index contributed by atoms with van der Waals surface area (Å²) in [7, 11) is 1.80. The van der Waals surface area contributed by atoms with Crippen molar-refractivity contribution < 1.29 is 9.59 Å². The molecule has 0 unspecified atom stereocenters. The Morgan fingerprint density at radius 1 is 1.00 bits per heavy atom. The molecule has 0 spiro atoms. The van der Waals surface area contributed by atoms with Crippen molar-refractivity contribution in [2.24, 2.45) is 0 Å². The zero-order chi connectivity index (χ0) is 20.0. The third-order valence-electron chi connectivity index (χ3n) is 4.27. The van der Waals surface area contributed by atoms with Gasteiger partial charge in [0, 0.05) is 32.3 Å². The van der Waals surface area contributed by atoms with Crippen molar-refractivity contribution in [3.8, 4) is 0 Å². The lowest BCUT2D eigenvalue weighted by molar-refractivity contribution is -0.125. The third kappa shape index (κ3) is 6.41. The first-order valence-corrected chi connectivity index (χ1v) is 9.05. The summed E-state index contributed by atoms with van der Waals surface area (Å²) in [6.07, 6.45) is 3.34. The Morgan fingerprint density at radius 2 is 1.59 bits per heavy atom. The fourth-order valence-corrected chi connectivity index (χ4v) is 2.64. The van der Waals surface area contributed by atoms with Gasteiger partial charge in [-0.05, 0) is 40.3 Å². The van der Waals surface area contributed by atoms with Crippen LogP contribution >= 0.6 is 0 Å². The molecule has 2 rings (SSSR count). The van der Waals surface area contributed by atoms with Crippen LogP contribution in [0.2, 0.25) is 0 Å². The van der Waals surface area contributed by atoms with Crippen molar-refractivity contribution in [2.75, 3.05) is 12.4 Å². The second-order valence-electron chi connectivity index (χ2n) is 7.78. The molecule has 0 heterocycles. The molecule has 4 heteroatoms. The summed E-state index contributed by atoms with van der Waals surface area (Å²) in [4.78, 5) is 25.1. The number of amides is 2. The minimum absolute atomic E-state index is 0.0548. The third-order valence-corrected chi connectivity index (χ3v) is 4.27. The lowest BCUT2D eigenvalue weighted by Gasteiger charge is -2.20. The first-order valence-electron chi connectivity index (χ1n) is 9.05. The molecule has 0 fully saturated rings. The Morgan fingerprint density at radius 3 is 2.11 bits per heavy atom. The molecule has 0 aromatic heterocycles. The van der Waals surface area contributed by atoms with Crippen molar-refractivity contribution in [3.63, 3.8) is 0 Å². The molecule has 27 heavy (non-hydrogen) atoms. The molecule has 0 aliphatic heterocycles. The Bertz CT molecular complexity index is 813. The zero-order valence-electron chi connectivity index (χ0n) is 16.7. The molecular formula is C23H28N2O2. The van der Waals surface area contributed by atoms with Crippen molar-refractivity contribution in [1.82, 2.24) is 4.90 Å². The SMILES string of the molecule is CC(=O)Nc1ccc(/C=C/C(=O)N(C)Cc2ccc(C(C)(C)C)cc2)cc1. The molecule has 0 aliphatic rings. The Labute approximate surface area is 161 Å². The molecule has 0 aliphatic carbocycles. The lowest BCUT2D eigenvalue weighted by atomic mass is 9.87. The van der Waals surface area contributed by atoms with Gasteiger partial charge in [0.2, 0.25) is 11.8 Å². The molecule has 142 valence electrons. The smallest absolute Gasteiger partial charge is 0.246 e. The zero-order valence-corrected chi connectivity index (χ0v) is 16.7. The summed E-state index contributed by atoms with van der Waals surface area (Å²) < 4.78 is 0. The number of nitrogens with one attached hydrogen (secondary N) is 1. The quantitative estimate of drug-likeness (QED) is 0.788. The number of carbonyl (C=O) groups excluding carboxylic acids is 2. The Kier molecular flexibility index (Phi) is 6.56. The van der Waals surface area contributed by atoms with Crippen LogP contribution in [-0.4, -0.2) is 23.8 Å². The molecule has 0 bridgehead atoms. The maximum atomic E-state index is 12.3. The second-order valence-corrected chi connectivity index (χ2v) is 7.78. The highest BCUT2D eigenvalue weighted by molar-refractivity contribution is 5.92. The van der Waals surface area contributed by atoms with E-state index in [1.165, 1.54) is 12.5 Å². The first kappa shape index (κ1) is 20.4. The van der Waals surface area contributed by atoms with Crippen LogP contribution in [0.15, 0.2) is 54.6 Å². The van der Waals surface area contributed by atoms with Gasteiger partial charge < -0.3 is 10.2 Å². The minimum atomic E-state index is -0.106. The molecule has 0 saturated carbocycles. The molecule has 2 aromatic carbocycles. The largest absolute Gasteiger partial charge is 0.338 e. The molecule has 2 aromatic rings. The van der Waals surface area contributed by atoms with E-state index in [0.717, 1.165) is 16.8 Å². The van der Waals surface area contributed by atoms with E-state index in [2.05, 4.69) is 50.4 Å². The van der Waals surface area contributed by atoms with Gasteiger partial charge in [0.05, 0.1) is 0 Å². The summed E-state index contributed by atoms with van der Waals surface area (Å²) in [6.45, 7) is 8.59. The molecule has 1 N–H and O–H groups in total. The predicted molar refractivity (Wildman–Crippen MR) is 111 cm³/mol. The van der Waals surface area contributed by atoms with Crippen LogP contribution in [0.25, 0.3) is 6.08 Å². The van der Waals surface area contributed by atoms with E-state index >= 15 is 0 Å². The lowest BCUT2D eigenvalue weighted by Crippen LogP contribution is -2.24. The van der Waals surface area contributed by atoms with E-state index in [-0.39, 0.29) is 17.2 Å². The minimum Gasteiger partial charge on any atom is -0.338 e. The average molecular weight is 364 g/mol. The number of nitrogens with zero attached hydrogens (tertiary/aromatic N) is 1. The number of hydrogen-bond donors (Lipinski definition) is 1. The second kappa shape index (κ2) is 8.67. The number of likely N-dealkylation sites (N-methyl/N-ethyl adjacent to an activating group) is 1. The number of rotatable bonds is 5. The summed E-state index contributed by atoms with van der Waals surface area (Å²) >= 11 is 0. The first-order chi connectivity index (χ1) is 12.6. The summed E-state index contributed by atoms with van der Waals surface area (Å²) in [6, 6.07) is 15.8. The molecule has 0 atom stereocenters. The number of hydrogen-bond acceptors (Lipinski definition) is 2. The van der Waals surface area contributed by atoms with Crippen LogP contribution in [0.4, 0.5) is 5.69 Å². The van der Waals surface area contributed by atoms with Crippen LogP contribution in [0.3, 0.4) is 0 Å². The van der Waals surface area contributed by atoms with Crippen LogP contribution in [0, 0.1) is 0 Å². The van der Waals surface area contributed by atoms with E-state index in [1.807, 2.05) is 24.3 Å². The van der Waals surface area contributed by atoms with Gasteiger partial charge in [0.1, 0.15) is 0 Å². The summed E-state index contributed by atoms with van der Waals surface area (Å²) in [5.74, 6) is -0.161. The van der Waals surface area contributed by atoms with Crippen LogP contribution < -0.4 is 5.32 Å². The van der Waals surface area contributed by atoms with Gasteiger partial charge in [-0.3, -0.25) is 9.59 Å². The molecular weight excluding hydrogens is 336 g/mol. The van der Waals surface area contributed by atoms with Gasteiger partial charge in [-0.15, -0.1) is 0 Å². The maximum absolute atomic E-state index is 12.3. The van der Waals surface area contributed by atoms with Gasteiger partial charge in [-0.2, -0.15) is 0 Å². The van der Waals surface area contributed by atoms with Gasteiger partial charge in [-0.1, -0.05) is 57.2 Å². The molecule has 4 nitrogen and oxygen atoms in total. The molecule has 0 saturated heterocycles. The van der Waals surface area contributed by atoms with Crippen molar-refractivity contribution in [1.29, 1.82) is 0 Å². The van der Waals surface area contributed by atoms with E-state index in [9.17, 15) is 9.59 Å². The van der Waals surface area contributed by atoms with E-state index in [0.29, 0.717) is 6.54 Å². The van der Waals surface area contributed by atoms with Gasteiger partial charge >= 0.3 is 0 Å². The predicted octanol–water partition coefficient (Wildman–Crippen LogP) is 4.61. The highest BCUT2D eigenvalue weighted by Gasteiger charge is 2.13. The fourth-order valence-electron chi connectivity index (χ4n) is 2.64. The normalized spacial score (nSPS) is 11.4. The molecule has 2 amide bonds. The van der Waals surface area contributed by atoms with Gasteiger partial charge in [0.25, 0.3) is 0 Å². The monoisotopic (exact) mass is 364 g/mol. The van der Waals surface area contributed by atoms with Crippen LogP contribution in [-0.2, 0) is 21.5 Å². The average Bonchev–Trinajstić information content (AvgIpc) is 2.60. The fraction of sp³-hybridized carbons (Fsp3) is 0.304. The highest BCUT2D eigenvalue weighted by atomic mass is 16.2. The van der Waals surface area contributed by atoms with Gasteiger partial charge in [0.15, 0.2) is 0 Å². The van der Waals surface area contributed by atoms with E-state index in [4.69, 9.17) is 0 Å². The molecule has 0 radical (unpaired) electrons. The number of anilines is 1. The topological polar surface area (TPSA) is 49.4 Å². The Balaban J connectivity index is 1.94. The standard InChI is InChI=1S/C23H28N2O2/c1-17(26)24-21-13-8-18(9-14-21)10-15-22(27)25(5)16-19-6-11-20(12-7-19)23(2,3)4/h6-15H,16H2,1-5H3,(H,24,26)/b15-10+. The van der Waals surface area contributed by atoms with Crippen molar-refractivity contribution in [3.05, 3.63) is 71.3 Å². The number of benzene rings is 2. The highest BCUT2D eigenvalue weighted by Crippen LogP contribution is 2.22. The van der Waals surface area contributed by atoms with E-state index in [1.54, 1.807) is 24.1 Å². The number of carbonyl (C=O) groups is 2. The maximum Gasteiger partial charge on any atom is 0.246 e. The van der Waals surface area contributed by atoms with Crippen LogP contribution in [0.5, 0.6) is 0 Å². The van der Waals surface area contributed by atoms with Crippen LogP contribution in [0.1, 0.15) is 44.4 Å². The summed E-state index contributed by atoms with van der Waals surface area (Å²) in [5, 5.41) is 2.72. The van der Waals surface area contributed by atoms with Crippen molar-refractivity contribution in [2.45, 2.75) is 39.7 Å². The van der Waals surface area contributed by atoms with E-state index < -0.39 is 0 Å². The van der Waals surface area contributed by atoms with Gasteiger partial charge in [-0.25, -0.2) is 0 Å². The Hall–Kier alpha value is -2.88. The summed E-state index contributed by atoms with van der Waals surface area (Å²) in [5.41, 5.74) is 4.15. The van der Waals surface area contributed by atoms with Crippen molar-refractivity contribution >= 4 is 23.6 Å².